The summed E-state index contributed by atoms with van der Waals surface area (Å²) in [6, 6.07) is 19.9. The van der Waals surface area contributed by atoms with Gasteiger partial charge in [0.15, 0.2) is 0 Å². The normalized spacial score (nSPS) is 12.5. The van der Waals surface area contributed by atoms with Crippen molar-refractivity contribution in [2.75, 3.05) is 6.54 Å². The minimum absolute atomic E-state index is 0.0519. The topological polar surface area (TPSA) is 44.9 Å². The van der Waals surface area contributed by atoms with Gasteiger partial charge in [-0.2, -0.15) is 0 Å². The van der Waals surface area contributed by atoms with Crippen molar-refractivity contribution in [3.05, 3.63) is 99.3 Å². The van der Waals surface area contributed by atoms with Crippen LogP contribution in [0.3, 0.4) is 0 Å². The van der Waals surface area contributed by atoms with E-state index in [0.29, 0.717) is 11.6 Å². The van der Waals surface area contributed by atoms with Crippen LogP contribution in [0.25, 0.3) is 17.0 Å². The number of aromatic nitrogens is 1. The van der Waals surface area contributed by atoms with Crippen molar-refractivity contribution in [2.45, 2.75) is 5.92 Å². The van der Waals surface area contributed by atoms with E-state index in [1.165, 1.54) is 0 Å². The third-order valence-corrected chi connectivity index (χ3v) is 5.88. The molecule has 0 spiro atoms. The van der Waals surface area contributed by atoms with Crippen molar-refractivity contribution in [1.82, 2.24) is 10.3 Å². The first-order chi connectivity index (χ1) is 13.7. The lowest BCUT2D eigenvalue weighted by Crippen LogP contribution is -2.27. The molecule has 1 atom stereocenters. The van der Waals surface area contributed by atoms with Crippen LogP contribution < -0.4 is 5.32 Å². The molecule has 0 fully saturated rings. The fourth-order valence-electron chi connectivity index (χ4n) is 3.33. The molecule has 0 saturated heterocycles. The van der Waals surface area contributed by atoms with Crippen LogP contribution in [0.5, 0.6) is 0 Å². The average Bonchev–Trinajstić information content (AvgIpc) is 3.38. The van der Waals surface area contributed by atoms with Crippen molar-refractivity contribution in [3.8, 4) is 0 Å². The Kier molecular flexibility index (Phi) is 5.60. The number of aromatic amines is 1. The van der Waals surface area contributed by atoms with E-state index in [1.54, 1.807) is 17.4 Å². The first-order valence-electron chi connectivity index (χ1n) is 9.02. The minimum Gasteiger partial charge on any atom is -0.361 e. The molecular formula is C23H19ClN2OS. The van der Waals surface area contributed by atoms with Gasteiger partial charge in [0.1, 0.15) is 0 Å². The Morgan fingerprint density at radius 2 is 1.89 bits per heavy atom. The number of hydrogen-bond acceptors (Lipinski definition) is 2. The van der Waals surface area contributed by atoms with Gasteiger partial charge in [-0.3, -0.25) is 4.79 Å². The molecule has 2 aromatic carbocycles. The largest absolute Gasteiger partial charge is 0.361 e. The molecular weight excluding hydrogens is 388 g/mol. The van der Waals surface area contributed by atoms with Gasteiger partial charge in [-0.15, -0.1) is 11.3 Å². The molecule has 5 heteroatoms. The first kappa shape index (κ1) is 18.5. The van der Waals surface area contributed by atoms with E-state index < -0.39 is 0 Å². The van der Waals surface area contributed by atoms with Gasteiger partial charge in [0, 0.05) is 45.5 Å². The number of H-pyrrole nitrogens is 1. The number of fused-ring (bicyclic) bond motifs is 1. The number of benzene rings is 2. The van der Waals surface area contributed by atoms with Crippen LogP contribution in [0.15, 0.2) is 78.3 Å². The van der Waals surface area contributed by atoms with Gasteiger partial charge in [0.2, 0.25) is 5.91 Å². The monoisotopic (exact) mass is 406 g/mol. The van der Waals surface area contributed by atoms with Gasteiger partial charge >= 0.3 is 0 Å². The third-order valence-electron chi connectivity index (χ3n) is 4.70. The van der Waals surface area contributed by atoms with Crippen LogP contribution in [0.1, 0.15) is 21.9 Å². The lowest BCUT2D eigenvalue weighted by Gasteiger charge is -2.19. The molecule has 4 aromatic rings. The second-order valence-corrected chi connectivity index (χ2v) is 7.84. The van der Waals surface area contributed by atoms with Gasteiger partial charge in [0.25, 0.3) is 0 Å². The predicted molar refractivity (Wildman–Crippen MR) is 118 cm³/mol. The Balaban J connectivity index is 1.61. The zero-order chi connectivity index (χ0) is 19.3. The molecule has 0 aliphatic heterocycles. The highest BCUT2D eigenvalue weighted by molar-refractivity contribution is 7.10. The summed E-state index contributed by atoms with van der Waals surface area (Å²) >= 11 is 8.09. The van der Waals surface area contributed by atoms with Crippen molar-refractivity contribution in [1.29, 1.82) is 0 Å². The molecule has 2 N–H and O–H groups in total. The summed E-state index contributed by atoms with van der Waals surface area (Å²) in [6.45, 7) is 0.458. The molecule has 1 amide bonds. The quantitative estimate of drug-likeness (QED) is 0.388. The van der Waals surface area contributed by atoms with E-state index in [2.05, 4.69) is 16.4 Å². The number of thiophene rings is 1. The van der Waals surface area contributed by atoms with Gasteiger partial charge in [-0.05, 0) is 40.8 Å². The van der Waals surface area contributed by atoms with Gasteiger partial charge in [-0.25, -0.2) is 0 Å². The number of nitrogens with one attached hydrogen (secondary N) is 2. The highest BCUT2D eigenvalue weighted by atomic mass is 35.5. The maximum atomic E-state index is 12.4. The number of halogens is 1. The third kappa shape index (κ3) is 4.03. The summed E-state index contributed by atoms with van der Waals surface area (Å²) in [5, 5.41) is 6.85. The van der Waals surface area contributed by atoms with Gasteiger partial charge in [0.05, 0.1) is 0 Å². The molecule has 28 heavy (non-hydrogen) atoms. The van der Waals surface area contributed by atoms with Crippen LogP contribution in [0.2, 0.25) is 5.02 Å². The number of rotatable bonds is 6. The summed E-state index contributed by atoms with van der Waals surface area (Å²) in [7, 11) is 0. The van der Waals surface area contributed by atoms with E-state index in [9.17, 15) is 4.79 Å². The molecule has 2 aromatic heterocycles. The fourth-order valence-corrected chi connectivity index (χ4v) is 4.22. The lowest BCUT2D eigenvalue weighted by atomic mass is 9.90. The minimum atomic E-state index is -0.120. The fraction of sp³-hybridized carbons (Fsp3) is 0.0870. The number of amides is 1. The zero-order valence-corrected chi connectivity index (χ0v) is 16.6. The van der Waals surface area contributed by atoms with Crippen LogP contribution in [0, 0.1) is 0 Å². The molecule has 2 heterocycles. The molecule has 0 unspecified atom stereocenters. The Labute approximate surface area is 172 Å². The van der Waals surface area contributed by atoms with E-state index in [0.717, 1.165) is 26.9 Å². The van der Waals surface area contributed by atoms with E-state index in [4.69, 9.17) is 11.6 Å². The summed E-state index contributed by atoms with van der Waals surface area (Å²) in [4.78, 5) is 16.7. The standard InChI is InChI=1S/C23H19ClN2OS/c24-21-9-3-1-7-17(21)19(20-14-25-22-10-4-2-8-18(20)22)15-26-23(27)12-11-16-6-5-13-28-16/h1-14,19,25H,15H2,(H,26,27)/b12-11+/t19-/m1/s1. The molecule has 0 aliphatic rings. The second-order valence-electron chi connectivity index (χ2n) is 6.46. The molecule has 0 bridgehead atoms. The van der Waals surface area contributed by atoms with Crippen molar-refractivity contribution >= 4 is 45.8 Å². The van der Waals surface area contributed by atoms with E-state index >= 15 is 0 Å². The molecule has 3 nitrogen and oxygen atoms in total. The Bertz CT molecular complexity index is 1110. The number of hydrogen-bond donors (Lipinski definition) is 2. The predicted octanol–water partition coefficient (Wildman–Crippen LogP) is 5.84. The van der Waals surface area contributed by atoms with E-state index in [1.807, 2.05) is 72.3 Å². The molecule has 0 radical (unpaired) electrons. The highest BCUT2D eigenvalue weighted by Gasteiger charge is 2.20. The maximum absolute atomic E-state index is 12.4. The van der Waals surface area contributed by atoms with Crippen LogP contribution in [-0.4, -0.2) is 17.4 Å². The van der Waals surface area contributed by atoms with Crippen LogP contribution >= 0.6 is 22.9 Å². The van der Waals surface area contributed by atoms with Crippen LogP contribution in [0.4, 0.5) is 0 Å². The van der Waals surface area contributed by atoms with E-state index in [-0.39, 0.29) is 11.8 Å². The van der Waals surface area contributed by atoms with Crippen molar-refractivity contribution in [3.63, 3.8) is 0 Å². The molecule has 0 aliphatic carbocycles. The second kappa shape index (κ2) is 8.46. The molecule has 0 saturated carbocycles. The maximum Gasteiger partial charge on any atom is 0.244 e. The summed E-state index contributed by atoms with van der Waals surface area (Å²) < 4.78 is 0. The number of carbonyl (C=O) groups is 1. The smallest absolute Gasteiger partial charge is 0.244 e. The lowest BCUT2D eigenvalue weighted by molar-refractivity contribution is -0.116. The van der Waals surface area contributed by atoms with Gasteiger partial charge in [-0.1, -0.05) is 54.1 Å². The Hall–Kier alpha value is -2.82. The van der Waals surface area contributed by atoms with Gasteiger partial charge < -0.3 is 10.3 Å². The summed E-state index contributed by atoms with van der Waals surface area (Å²) in [5.74, 6) is -0.172. The first-order valence-corrected chi connectivity index (χ1v) is 10.3. The van der Waals surface area contributed by atoms with Crippen molar-refractivity contribution < 1.29 is 4.79 Å². The van der Waals surface area contributed by atoms with Crippen LogP contribution in [-0.2, 0) is 4.79 Å². The molecule has 4 rings (SSSR count). The Morgan fingerprint density at radius 1 is 1.07 bits per heavy atom. The Morgan fingerprint density at radius 3 is 2.71 bits per heavy atom. The number of carbonyl (C=O) groups excluding carboxylic acids is 1. The SMILES string of the molecule is O=C(/C=C/c1cccs1)NC[C@H](c1ccccc1Cl)c1c[nH]c2ccccc12. The summed E-state index contributed by atoms with van der Waals surface area (Å²) in [6.07, 6.45) is 5.41. The zero-order valence-electron chi connectivity index (χ0n) is 15.1. The molecule has 140 valence electrons. The highest BCUT2D eigenvalue weighted by Crippen LogP contribution is 2.34. The summed E-state index contributed by atoms with van der Waals surface area (Å²) in [5.41, 5.74) is 3.18. The average molecular weight is 407 g/mol. The van der Waals surface area contributed by atoms with Crippen molar-refractivity contribution in [2.24, 2.45) is 0 Å². The number of para-hydroxylation sites is 1.